The minimum atomic E-state index is -4.28. The number of ether oxygens (including phenoxy) is 1. The van der Waals surface area contributed by atoms with Gasteiger partial charge in [0.05, 0.1) is 6.61 Å². The third-order valence-corrected chi connectivity index (χ3v) is 3.34. The Hall–Kier alpha value is -1.59. The number of hydrogen-bond donors (Lipinski definition) is 1. The zero-order valence-electron chi connectivity index (χ0n) is 11.8. The lowest BCUT2D eigenvalue weighted by molar-refractivity contribution is -0.175. The topological polar surface area (TPSA) is 21.3 Å². The normalized spacial score (nSPS) is 13.5. The fourth-order valence-corrected chi connectivity index (χ4v) is 2.30. The van der Waals surface area contributed by atoms with Gasteiger partial charge >= 0.3 is 6.18 Å². The Bertz CT molecular complexity index is 578. The molecule has 0 aliphatic heterocycles. The molecule has 0 saturated heterocycles. The monoisotopic (exact) mass is 297 g/mol. The molecule has 0 aromatic heterocycles. The van der Waals surface area contributed by atoms with E-state index in [0.29, 0.717) is 6.42 Å². The number of nitrogens with one attached hydrogen (secondary N) is 1. The third-order valence-electron chi connectivity index (χ3n) is 3.34. The van der Waals surface area contributed by atoms with Crippen LogP contribution in [-0.4, -0.2) is 32.5 Å². The SMILES string of the molecule is CNC(COCC(F)(F)F)Cc1cccc2ccccc12. The van der Waals surface area contributed by atoms with Crippen molar-refractivity contribution in [3.63, 3.8) is 0 Å². The van der Waals surface area contributed by atoms with Crippen LogP contribution in [0.15, 0.2) is 42.5 Å². The summed E-state index contributed by atoms with van der Waals surface area (Å²) in [4.78, 5) is 0. The largest absolute Gasteiger partial charge is 0.411 e. The molecular formula is C16H18F3NO. The van der Waals surface area contributed by atoms with Crippen LogP contribution in [0.3, 0.4) is 0 Å². The summed E-state index contributed by atoms with van der Waals surface area (Å²) < 4.78 is 41.0. The van der Waals surface area contributed by atoms with Gasteiger partial charge in [0.2, 0.25) is 0 Å². The molecule has 0 amide bonds. The highest BCUT2D eigenvalue weighted by Crippen LogP contribution is 2.20. The summed E-state index contributed by atoms with van der Waals surface area (Å²) in [5.41, 5.74) is 1.10. The number of fused-ring (bicyclic) bond motifs is 1. The second-order valence-electron chi connectivity index (χ2n) is 4.96. The van der Waals surface area contributed by atoms with E-state index in [9.17, 15) is 13.2 Å². The van der Waals surface area contributed by atoms with Gasteiger partial charge in [-0.15, -0.1) is 0 Å². The van der Waals surface area contributed by atoms with Gasteiger partial charge in [0.25, 0.3) is 0 Å². The summed E-state index contributed by atoms with van der Waals surface area (Å²) in [6.07, 6.45) is -3.66. The van der Waals surface area contributed by atoms with Crippen LogP contribution in [0.5, 0.6) is 0 Å². The van der Waals surface area contributed by atoms with Gasteiger partial charge in [0.1, 0.15) is 6.61 Å². The molecule has 0 aliphatic carbocycles. The molecule has 1 N–H and O–H groups in total. The quantitative estimate of drug-likeness (QED) is 0.880. The van der Waals surface area contributed by atoms with Crippen molar-refractivity contribution < 1.29 is 17.9 Å². The van der Waals surface area contributed by atoms with Gasteiger partial charge < -0.3 is 10.1 Å². The van der Waals surface area contributed by atoms with Crippen molar-refractivity contribution in [3.8, 4) is 0 Å². The molecule has 0 bridgehead atoms. The molecule has 2 aromatic carbocycles. The molecule has 0 saturated carbocycles. The lowest BCUT2D eigenvalue weighted by Gasteiger charge is -2.18. The summed E-state index contributed by atoms with van der Waals surface area (Å²) >= 11 is 0. The molecule has 0 spiro atoms. The third kappa shape index (κ3) is 4.72. The zero-order valence-corrected chi connectivity index (χ0v) is 11.8. The minimum Gasteiger partial charge on any atom is -0.370 e. The first-order chi connectivity index (χ1) is 9.99. The Kier molecular flexibility index (Phi) is 5.20. The molecule has 0 fully saturated rings. The summed E-state index contributed by atoms with van der Waals surface area (Å²) in [5.74, 6) is 0. The van der Waals surface area contributed by atoms with Crippen molar-refractivity contribution in [1.29, 1.82) is 0 Å². The Morgan fingerprint density at radius 3 is 2.52 bits per heavy atom. The van der Waals surface area contributed by atoms with Crippen LogP contribution in [0.2, 0.25) is 0 Å². The van der Waals surface area contributed by atoms with Crippen molar-refractivity contribution in [2.24, 2.45) is 0 Å². The van der Waals surface area contributed by atoms with E-state index in [4.69, 9.17) is 4.74 Å². The molecule has 2 nitrogen and oxygen atoms in total. The molecule has 114 valence electrons. The van der Waals surface area contributed by atoms with Crippen LogP contribution in [0.4, 0.5) is 13.2 Å². The highest BCUT2D eigenvalue weighted by atomic mass is 19.4. The second kappa shape index (κ2) is 6.91. The molecule has 0 aliphatic rings. The first-order valence-corrected chi connectivity index (χ1v) is 6.78. The molecule has 2 aromatic rings. The second-order valence-corrected chi connectivity index (χ2v) is 4.96. The van der Waals surface area contributed by atoms with Crippen LogP contribution in [0.1, 0.15) is 5.56 Å². The number of halogens is 3. The van der Waals surface area contributed by atoms with E-state index in [2.05, 4.69) is 5.32 Å². The summed E-state index contributed by atoms with van der Waals surface area (Å²) in [6.45, 7) is -1.18. The molecule has 21 heavy (non-hydrogen) atoms. The molecule has 2 rings (SSSR count). The molecule has 0 heterocycles. The Morgan fingerprint density at radius 1 is 1.10 bits per heavy atom. The van der Waals surface area contributed by atoms with Crippen LogP contribution in [-0.2, 0) is 11.2 Å². The van der Waals surface area contributed by atoms with Crippen molar-refractivity contribution in [2.45, 2.75) is 18.6 Å². The number of hydrogen-bond acceptors (Lipinski definition) is 2. The van der Waals surface area contributed by atoms with E-state index in [1.807, 2.05) is 42.5 Å². The average molecular weight is 297 g/mol. The summed E-state index contributed by atoms with van der Waals surface area (Å²) in [5, 5.41) is 5.26. The molecule has 0 radical (unpaired) electrons. The predicted molar refractivity (Wildman–Crippen MR) is 77.4 cm³/mol. The minimum absolute atomic E-state index is 0.0270. The maximum atomic E-state index is 12.1. The number of rotatable bonds is 6. The highest BCUT2D eigenvalue weighted by Gasteiger charge is 2.27. The van der Waals surface area contributed by atoms with Gasteiger partial charge in [-0.3, -0.25) is 0 Å². The van der Waals surface area contributed by atoms with Gasteiger partial charge in [0, 0.05) is 6.04 Å². The number of benzene rings is 2. The Labute approximate surface area is 121 Å². The average Bonchev–Trinajstić information content (AvgIpc) is 2.45. The van der Waals surface area contributed by atoms with Gasteiger partial charge in [-0.2, -0.15) is 13.2 Å². The Balaban J connectivity index is 2.03. The fraction of sp³-hybridized carbons (Fsp3) is 0.375. The van der Waals surface area contributed by atoms with E-state index in [-0.39, 0.29) is 12.6 Å². The number of likely N-dealkylation sites (N-methyl/N-ethyl adjacent to an activating group) is 1. The molecule has 5 heteroatoms. The van der Waals surface area contributed by atoms with Gasteiger partial charge in [-0.25, -0.2) is 0 Å². The van der Waals surface area contributed by atoms with Gasteiger partial charge in [0.15, 0.2) is 0 Å². The maximum Gasteiger partial charge on any atom is 0.411 e. The maximum absolute atomic E-state index is 12.1. The fourth-order valence-electron chi connectivity index (χ4n) is 2.30. The first kappa shape index (κ1) is 15.8. The number of alkyl halides is 3. The van der Waals surface area contributed by atoms with Crippen molar-refractivity contribution in [1.82, 2.24) is 5.32 Å². The zero-order chi connectivity index (χ0) is 15.3. The summed E-state index contributed by atoms with van der Waals surface area (Å²) in [6, 6.07) is 13.8. The molecule has 1 unspecified atom stereocenters. The van der Waals surface area contributed by atoms with Gasteiger partial charge in [-0.05, 0) is 29.8 Å². The highest BCUT2D eigenvalue weighted by molar-refractivity contribution is 5.85. The predicted octanol–water partition coefficient (Wildman–Crippen LogP) is 3.55. The van der Waals surface area contributed by atoms with Crippen LogP contribution in [0.25, 0.3) is 10.8 Å². The van der Waals surface area contributed by atoms with Crippen molar-refractivity contribution >= 4 is 10.8 Å². The molecular weight excluding hydrogens is 279 g/mol. The van der Waals surface area contributed by atoms with Crippen LogP contribution in [0, 0.1) is 0 Å². The van der Waals surface area contributed by atoms with E-state index in [1.54, 1.807) is 7.05 Å². The van der Waals surface area contributed by atoms with E-state index in [0.717, 1.165) is 16.3 Å². The standard InChI is InChI=1S/C16H18F3NO/c1-20-14(10-21-11-16(17,18)19)9-13-7-4-6-12-5-2-3-8-15(12)13/h2-8,14,20H,9-11H2,1H3. The molecule has 1 atom stereocenters. The lowest BCUT2D eigenvalue weighted by atomic mass is 9.99. The van der Waals surface area contributed by atoms with E-state index < -0.39 is 12.8 Å². The Morgan fingerprint density at radius 2 is 1.81 bits per heavy atom. The van der Waals surface area contributed by atoms with Crippen LogP contribution >= 0.6 is 0 Å². The van der Waals surface area contributed by atoms with Crippen molar-refractivity contribution in [2.75, 3.05) is 20.3 Å². The smallest absolute Gasteiger partial charge is 0.370 e. The van der Waals surface area contributed by atoms with E-state index in [1.165, 1.54) is 0 Å². The van der Waals surface area contributed by atoms with Crippen LogP contribution < -0.4 is 5.32 Å². The van der Waals surface area contributed by atoms with Gasteiger partial charge in [-0.1, -0.05) is 42.5 Å². The van der Waals surface area contributed by atoms with Crippen molar-refractivity contribution in [3.05, 3.63) is 48.0 Å². The summed E-state index contributed by atoms with van der Waals surface area (Å²) in [7, 11) is 1.73. The first-order valence-electron chi connectivity index (χ1n) is 6.78. The van der Waals surface area contributed by atoms with E-state index >= 15 is 0 Å². The lowest BCUT2D eigenvalue weighted by Crippen LogP contribution is -2.34.